The molecule has 0 aromatic carbocycles. The lowest BCUT2D eigenvalue weighted by atomic mass is 10.2. The van der Waals surface area contributed by atoms with Gasteiger partial charge in [-0.1, -0.05) is 25.1 Å². The Morgan fingerprint density at radius 1 is 1.36 bits per heavy atom. The first-order valence-corrected chi connectivity index (χ1v) is 7.82. The second-order valence-corrected chi connectivity index (χ2v) is 5.52. The molecule has 3 aromatic heterocycles. The second-order valence-electron chi connectivity index (χ2n) is 4.56. The van der Waals surface area contributed by atoms with Crippen LogP contribution in [0.1, 0.15) is 24.9 Å². The van der Waals surface area contributed by atoms with E-state index in [1.54, 1.807) is 18.4 Å². The van der Waals surface area contributed by atoms with E-state index in [0.29, 0.717) is 28.5 Å². The zero-order valence-electron chi connectivity index (χ0n) is 11.9. The largest absolute Gasteiger partial charge is 0.459 e. The summed E-state index contributed by atoms with van der Waals surface area (Å²) < 4.78 is 10.7. The van der Waals surface area contributed by atoms with Crippen molar-refractivity contribution in [2.45, 2.75) is 30.7 Å². The molecule has 0 aliphatic rings. The molecule has 0 unspecified atom stereocenters. The summed E-state index contributed by atoms with van der Waals surface area (Å²) in [5.41, 5.74) is 0.637. The van der Waals surface area contributed by atoms with Gasteiger partial charge in [-0.05, 0) is 18.6 Å². The summed E-state index contributed by atoms with van der Waals surface area (Å²) >= 11 is 1.34. The summed E-state index contributed by atoms with van der Waals surface area (Å²) in [6.45, 7) is 2.05. The van der Waals surface area contributed by atoms with Crippen molar-refractivity contribution < 1.29 is 8.83 Å². The number of furan rings is 1. The van der Waals surface area contributed by atoms with E-state index in [4.69, 9.17) is 8.83 Å². The van der Waals surface area contributed by atoms with Crippen molar-refractivity contribution in [2.75, 3.05) is 0 Å². The molecule has 0 fully saturated rings. The molecular formula is C14H14N4O3S. The predicted octanol–water partition coefficient (Wildman–Crippen LogP) is 2.66. The third-order valence-corrected chi connectivity index (χ3v) is 3.67. The van der Waals surface area contributed by atoms with Gasteiger partial charge in [0.1, 0.15) is 0 Å². The second kappa shape index (κ2) is 6.61. The van der Waals surface area contributed by atoms with Gasteiger partial charge in [-0.15, -0.1) is 10.2 Å². The van der Waals surface area contributed by atoms with E-state index in [-0.39, 0.29) is 5.56 Å². The molecule has 0 amide bonds. The average molecular weight is 318 g/mol. The molecule has 0 atom stereocenters. The Morgan fingerprint density at radius 3 is 3.05 bits per heavy atom. The van der Waals surface area contributed by atoms with Crippen LogP contribution in [0.4, 0.5) is 0 Å². The molecule has 1 N–H and O–H groups in total. The molecule has 0 aliphatic heterocycles. The Bertz CT molecular complexity index is 795. The van der Waals surface area contributed by atoms with Crippen LogP contribution in [-0.4, -0.2) is 20.2 Å². The van der Waals surface area contributed by atoms with Gasteiger partial charge >= 0.3 is 0 Å². The van der Waals surface area contributed by atoms with Gasteiger partial charge in [-0.25, -0.2) is 4.98 Å². The minimum atomic E-state index is -0.150. The lowest BCUT2D eigenvalue weighted by molar-refractivity contribution is 0.494. The number of hydrogen-bond acceptors (Lipinski definition) is 7. The normalized spacial score (nSPS) is 11.0. The van der Waals surface area contributed by atoms with Crippen LogP contribution in [0, 0.1) is 0 Å². The predicted molar refractivity (Wildman–Crippen MR) is 80.4 cm³/mol. The first-order valence-electron chi connectivity index (χ1n) is 6.84. The number of thioether (sulfide) groups is 1. The molecule has 3 rings (SSSR count). The molecule has 7 nitrogen and oxygen atoms in total. The van der Waals surface area contributed by atoms with E-state index in [0.717, 1.165) is 18.5 Å². The smallest absolute Gasteiger partial charge is 0.283 e. The molecular weight excluding hydrogens is 304 g/mol. The van der Waals surface area contributed by atoms with Gasteiger partial charge in [0, 0.05) is 11.8 Å². The summed E-state index contributed by atoms with van der Waals surface area (Å²) in [6.07, 6.45) is 3.26. The maximum absolute atomic E-state index is 11.6. The summed E-state index contributed by atoms with van der Waals surface area (Å²) in [7, 11) is 0. The van der Waals surface area contributed by atoms with Crippen molar-refractivity contribution in [1.29, 1.82) is 0 Å². The molecule has 8 heteroatoms. The Morgan fingerprint density at radius 2 is 2.27 bits per heavy atom. The highest BCUT2D eigenvalue weighted by molar-refractivity contribution is 7.98. The van der Waals surface area contributed by atoms with Crippen LogP contribution in [-0.2, 0) is 12.2 Å². The molecule has 0 saturated heterocycles. The van der Waals surface area contributed by atoms with Crippen molar-refractivity contribution >= 4 is 11.8 Å². The van der Waals surface area contributed by atoms with Gasteiger partial charge in [0.2, 0.25) is 5.89 Å². The van der Waals surface area contributed by atoms with Crippen LogP contribution in [0.5, 0.6) is 0 Å². The van der Waals surface area contributed by atoms with Gasteiger partial charge in [0.15, 0.2) is 10.9 Å². The third kappa shape index (κ3) is 3.45. The molecule has 0 spiro atoms. The fraction of sp³-hybridized carbons (Fsp3) is 0.286. The van der Waals surface area contributed by atoms with Crippen molar-refractivity contribution in [3.63, 3.8) is 0 Å². The Balaban J connectivity index is 1.69. The number of nitrogens with zero attached hydrogens (tertiary/aromatic N) is 3. The van der Waals surface area contributed by atoms with Gasteiger partial charge < -0.3 is 13.8 Å². The Kier molecular flexibility index (Phi) is 4.38. The first kappa shape index (κ1) is 14.6. The van der Waals surface area contributed by atoms with Crippen LogP contribution < -0.4 is 5.56 Å². The lowest BCUT2D eigenvalue weighted by Gasteiger charge is -2.01. The molecule has 22 heavy (non-hydrogen) atoms. The van der Waals surface area contributed by atoms with E-state index in [1.807, 2.05) is 6.92 Å². The van der Waals surface area contributed by atoms with Crippen molar-refractivity contribution in [3.8, 4) is 11.7 Å². The molecule has 3 heterocycles. The van der Waals surface area contributed by atoms with Crippen LogP contribution in [0.3, 0.4) is 0 Å². The van der Waals surface area contributed by atoms with Crippen LogP contribution in [0.15, 0.2) is 43.2 Å². The summed E-state index contributed by atoms with van der Waals surface area (Å²) in [5.74, 6) is 1.73. The number of rotatable bonds is 6. The molecule has 114 valence electrons. The summed E-state index contributed by atoms with van der Waals surface area (Å²) in [5, 5.41) is 8.42. The molecule has 0 bridgehead atoms. The van der Waals surface area contributed by atoms with Gasteiger partial charge in [-0.2, -0.15) is 0 Å². The van der Waals surface area contributed by atoms with Crippen molar-refractivity contribution in [3.05, 3.63) is 46.4 Å². The maximum atomic E-state index is 11.6. The van der Waals surface area contributed by atoms with Crippen molar-refractivity contribution in [1.82, 2.24) is 20.2 Å². The summed E-state index contributed by atoms with van der Waals surface area (Å²) in [6, 6.07) is 5.02. The standard InChI is InChI=1S/C14H14N4O3S/c1-2-4-9-7-11(19)16-14(15-9)22-8-12-17-18-13(21-12)10-5-3-6-20-10/h3,5-7H,2,4,8H2,1H3,(H,15,16,19). The number of aromatic amines is 1. The topological polar surface area (TPSA) is 97.8 Å². The number of aromatic nitrogens is 4. The Labute approximate surface area is 130 Å². The highest BCUT2D eigenvalue weighted by Crippen LogP contribution is 2.22. The van der Waals surface area contributed by atoms with Gasteiger partial charge in [0.25, 0.3) is 11.4 Å². The molecule has 3 aromatic rings. The van der Waals surface area contributed by atoms with E-state index < -0.39 is 0 Å². The van der Waals surface area contributed by atoms with E-state index in [2.05, 4.69) is 20.2 Å². The highest BCUT2D eigenvalue weighted by atomic mass is 32.2. The number of nitrogens with one attached hydrogen (secondary N) is 1. The Hall–Kier alpha value is -2.35. The molecule has 0 aliphatic carbocycles. The SMILES string of the molecule is CCCc1cc(=O)[nH]c(SCc2nnc(-c3ccco3)o2)n1. The first-order chi connectivity index (χ1) is 10.7. The van der Waals surface area contributed by atoms with Gasteiger partial charge in [0.05, 0.1) is 12.0 Å². The average Bonchev–Trinajstić information content (AvgIpc) is 3.16. The fourth-order valence-electron chi connectivity index (χ4n) is 1.88. The highest BCUT2D eigenvalue weighted by Gasteiger charge is 2.11. The van der Waals surface area contributed by atoms with Crippen LogP contribution >= 0.6 is 11.8 Å². The third-order valence-electron chi connectivity index (χ3n) is 2.81. The van der Waals surface area contributed by atoms with E-state index in [9.17, 15) is 4.79 Å². The molecule has 0 radical (unpaired) electrons. The van der Waals surface area contributed by atoms with E-state index >= 15 is 0 Å². The van der Waals surface area contributed by atoms with Crippen molar-refractivity contribution in [2.24, 2.45) is 0 Å². The summed E-state index contributed by atoms with van der Waals surface area (Å²) in [4.78, 5) is 18.7. The fourth-order valence-corrected chi connectivity index (χ4v) is 2.61. The van der Waals surface area contributed by atoms with Gasteiger partial charge in [-0.3, -0.25) is 4.79 Å². The monoisotopic (exact) mass is 318 g/mol. The maximum Gasteiger partial charge on any atom is 0.283 e. The minimum absolute atomic E-state index is 0.150. The lowest BCUT2D eigenvalue weighted by Crippen LogP contribution is -2.09. The molecule has 0 saturated carbocycles. The zero-order chi connectivity index (χ0) is 15.4. The number of hydrogen-bond donors (Lipinski definition) is 1. The number of H-pyrrole nitrogens is 1. The van der Waals surface area contributed by atoms with E-state index in [1.165, 1.54) is 17.8 Å². The number of aryl methyl sites for hydroxylation is 1. The zero-order valence-corrected chi connectivity index (χ0v) is 12.7. The minimum Gasteiger partial charge on any atom is -0.459 e. The quantitative estimate of drug-likeness (QED) is 0.551. The van der Waals surface area contributed by atoms with Crippen LogP contribution in [0.2, 0.25) is 0 Å². The van der Waals surface area contributed by atoms with Crippen LogP contribution in [0.25, 0.3) is 11.7 Å².